The number of nitrogens with one attached hydrogen (secondary N) is 3. The van der Waals surface area contributed by atoms with Gasteiger partial charge < -0.3 is 10.6 Å². The molecule has 0 bridgehead atoms. The van der Waals surface area contributed by atoms with Crippen molar-refractivity contribution in [2.45, 2.75) is 18.9 Å². The molecule has 2 aromatic rings. The Morgan fingerprint density at radius 2 is 2.18 bits per heavy atom. The van der Waals surface area contributed by atoms with Crippen molar-refractivity contribution in [3.05, 3.63) is 28.7 Å². The predicted octanol–water partition coefficient (Wildman–Crippen LogP) is 1.14. The molecule has 0 atom stereocenters. The maximum absolute atomic E-state index is 11.6. The molecule has 1 saturated heterocycles. The molecule has 3 heterocycles. The Labute approximate surface area is 129 Å². The van der Waals surface area contributed by atoms with Gasteiger partial charge in [-0.05, 0) is 18.9 Å². The first-order valence-electron chi connectivity index (χ1n) is 6.75. The average Bonchev–Trinajstić information content (AvgIpc) is 3.09. The molecule has 2 aliphatic rings. The van der Waals surface area contributed by atoms with Crippen LogP contribution in [0.25, 0.3) is 11.7 Å². The van der Waals surface area contributed by atoms with Crippen LogP contribution >= 0.6 is 11.6 Å². The first-order valence-corrected chi connectivity index (χ1v) is 7.13. The minimum atomic E-state index is -0.546. The SMILES string of the molecule is O=C1NC(=O)C(=Cc2cnn3c(NC4CC4)cc(Cl)nc23)N1. The third kappa shape index (κ3) is 2.27. The minimum absolute atomic E-state index is 0.151. The van der Waals surface area contributed by atoms with E-state index in [0.29, 0.717) is 22.4 Å². The number of nitrogens with zero attached hydrogens (tertiary/aromatic N) is 3. The van der Waals surface area contributed by atoms with Crippen LogP contribution in [0.4, 0.5) is 10.6 Å². The monoisotopic (exact) mass is 318 g/mol. The van der Waals surface area contributed by atoms with E-state index in [1.807, 2.05) is 0 Å². The van der Waals surface area contributed by atoms with Crippen molar-refractivity contribution in [2.75, 3.05) is 5.32 Å². The third-order valence-electron chi connectivity index (χ3n) is 3.42. The Morgan fingerprint density at radius 3 is 2.86 bits per heavy atom. The van der Waals surface area contributed by atoms with Gasteiger partial charge >= 0.3 is 6.03 Å². The van der Waals surface area contributed by atoms with Crippen LogP contribution in [-0.2, 0) is 4.79 Å². The summed E-state index contributed by atoms with van der Waals surface area (Å²) in [6, 6.07) is 1.60. The summed E-state index contributed by atoms with van der Waals surface area (Å²) in [5, 5.41) is 12.5. The van der Waals surface area contributed by atoms with E-state index in [0.717, 1.165) is 18.7 Å². The summed E-state index contributed by atoms with van der Waals surface area (Å²) >= 11 is 6.06. The zero-order chi connectivity index (χ0) is 15.3. The second-order valence-electron chi connectivity index (χ2n) is 5.18. The molecule has 0 aromatic carbocycles. The minimum Gasteiger partial charge on any atom is -0.367 e. The molecule has 1 saturated carbocycles. The topological polar surface area (TPSA) is 100 Å². The second kappa shape index (κ2) is 4.70. The zero-order valence-corrected chi connectivity index (χ0v) is 12.0. The van der Waals surface area contributed by atoms with E-state index in [2.05, 4.69) is 26.0 Å². The standard InChI is InChI=1S/C13H11ClN6O2/c14-9-4-10(16-7-1-2-7)20-11(18-9)6(5-15-20)3-8-12(21)19-13(22)17-8/h3-5,7,16H,1-2H2,(H2,17,19,21,22). The van der Waals surface area contributed by atoms with Crippen LogP contribution in [0, 0.1) is 0 Å². The molecule has 2 fully saturated rings. The zero-order valence-electron chi connectivity index (χ0n) is 11.3. The van der Waals surface area contributed by atoms with Gasteiger partial charge in [0.2, 0.25) is 0 Å². The van der Waals surface area contributed by atoms with Crippen molar-refractivity contribution in [3.8, 4) is 0 Å². The summed E-state index contributed by atoms with van der Waals surface area (Å²) in [5.41, 5.74) is 1.25. The Morgan fingerprint density at radius 1 is 1.36 bits per heavy atom. The van der Waals surface area contributed by atoms with Crippen LogP contribution in [0.2, 0.25) is 5.15 Å². The van der Waals surface area contributed by atoms with Crippen molar-refractivity contribution < 1.29 is 9.59 Å². The Hall–Kier alpha value is -2.61. The van der Waals surface area contributed by atoms with Crippen molar-refractivity contribution in [1.29, 1.82) is 0 Å². The van der Waals surface area contributed by atoms with Crippen molar-refractivity contribution in [2.24, 2.45) is 0 Å². The van der Waals surface area contributed by atoms with E-state index < -0.39 is 11.9 Å². The van der Waals surface area contributed by atoms with Crippen LogP contribution in [0.3, 0.4) is 0 Å². The van der Waals surface area contributed by atoms with Gasteiger partial charge in [0.15, 0.2) is 5.65 Å². The smallest absolute Gasteiger partial charge is 0.326 e. The highest BCUT2D eigenvalue weighted by atomic mass is 35.5. The summed E-state index contributed by atoms with van der Waals surface area (Å²) in [6.45, 7) is 0. The predicted molar refractivity (Wildman–Crippen MR) is 79.3 cm³/mol. The Balaban J connectivity index is 1.79. The molecule has 1 aliphatic carbocycles. The maximum atomic E-state index is 11.6. The van der Waals surface area contributed by atoms with Gasteiger partial charge in [0.25, 0.3) is 5.91 Å². The molecule has 3 amide bonds. The number of carbonyl (C=O) groups excluding carboxylic acids is 2. The van der Waals surface area contributed by atoms with Crippen LogP contribution in [0.15, 0.2) is 18.0 Å². The number of fused-ring (bicyclic) bond motifs is 1. The summed E-state index contributed by atoms with van der Waals surface area (Å²) in [7, 11) is 0. The lowest BCUT2D eigenvalue weighted by Crippen LogP contribution is -2.22. The normalized spacial score (nSPS) is 19.6. The van der Waals surface area contributed by atoms with E-state index in [9.17, 15) is 9.59 Å². The number of aromatic nitrogens is 3. The van der Waals surface area contributed by atoms with Crippen molar-refractivity contribution in [1.82, 2.24) is 25.2 Å². The summed E-state index contributed by atoms with van der Waals surface area (Å²) < 4.78 is 1.63. The molecule has 0 unspecified atom stereocenters. The first kappa shape index (κ1) is 13.1. The lowest BCUT2D eigenvalue weighted by molar-refractivity contribution is -0.115. The van der Waals surface area contributed by atoms with E-state index in [4.69, 9.17) is 11.6 Å². The number of hydrogen-bond donors (Lipinski definition) is 3. The lowest BCUT2D eigenvalue weighted by Gasteiger charge is -2.07. The highest BCUT2D eigenvalue weighted by Crippen LogP contribution is 2.27. The summed E-state index contributed by atoms with van der Waals surface area (Å²) in [4.78, 5) is 27.0. The number of anilines is 1. The van der Waals surface area contributed by atoms with Crippen LogP contribution in [0.1, 0.15) is 18.4 Å². The molecule has 0 spiro atoms. The molecular weight excluding hydrogens is 308 g/mol. The Kier molecular flexibility index (Phi) is 2.80. The van der Waals surface area contributed by atoms with Gasteiger partial charge in [-0.15, -0.1) is 0 Å². The molecular formula is C13H11ClN6O2. The molecule has 112 valence electrons. The molecule has 4 rings (SSSR count). The highest BCUT2D eigenvalue weighted by molar-refractivity contribution is 6.29. The van der Waals surface area contributed by atoms with Gasteiger partial charge in [-0.3, -0.25) is 10.1 Å². The largest absolute Gasteiger partial charge is 0.367 e. The van der Waals surface area contributed by atoms with E-state index in [-0.39, 0.29) is 5.70 Å². The van der Waals surface area contributed by atoms with E-state index in [1.165, 1.54) is 6.08 Å². The van der Waals surface area contributed by atoms with Gasteiger partial charge in [-0.25, -0.2) is 9.78 Å². The van der Waals surface area contributed by atoms with Crippen LogP contribution in [-0.4, -0.2) is 32.6 Å². The number of halogens is 1. The molecule has 9 heteroatoms. The number of amides is 3. The molecule has 1 aliphatic heterocycles. The molecule has 0 radical (unpaired) electrons. The number of hydrogen-bond acceptors (Lipinski definition) is 5. The van der Waals surface area contributed by atoms with Gasteiger partial charge in [0.1, 0.15) is 16.7 Å². The number of imide groups is 1. The maximum Gasteiger partial charge on any atom is 0.326 e. The molecule has 8 nitrogen and oxygen atoms in total. The van der Waals surface area contributed by atoms with Crippen LogP contribution in [0.5, 0.6) is 0 Å². The van der Waals surface area contributed by atoms with E-state index >= 15 is 0 Å². The average molecular weight is 319 g/mol. The van der Waals surface area contributed by atoms with Gasteiger partial charge in [-0.2, -0.15) is 9.61 Å². The van der Waals surface area contributed by atoms with E-state index in [1.54, 1.807) is 16.8 Å². The first-order chi connectivity index (χ1) is 10.6. The molecule has 3 N–H and O–H groups in total. The van der Waals surface area contributed by atoms with Crippen molar-refractivity contribution in [3.63, 3.8) is 0 Å². The molecule has 22 heavy (non-hydrogen) atoms. The summed E-state index contributed by atoms with van der Waals surface area (Å²) in [6.07, 6.45) is 5.33. The van der Waals surface area contributed by atoms with Gasteiger partial charge in [0.05, 0.1) is 6.20 Å². The lowest BCUT2D eigenvalue weighted by atomic mass is 10.2. The number of rotatable bonds is 3. The number of urea groups is 1. The fourth-order valence-electron chi connectivity index (χ4n) is 2.23. The fourth-order valence-corrected chi connectivity index (χ4v) is 2.41. The quantitative estimate of drug-likeness (QED) is 0.447. The Bertz CT molecular complexity index is 838. The van der Waals surface area contributed by atoms with Gasteiger partial charge in [-0.1, -0.05) is 11.6 Å². The number of carbonyl (C=O) groups is 2. The highest BCUT2D eigenvalue weighted by Gasteiger charge is 2.25. The van der Waals surface area contributed by atoms with Crippen molar-refractivity contribution >= 4 is 41.1 Å². The second-order valence-corrected chi connectivity index (χ2v) is 5.57. The fraction of sp³-hybridized carbons (Fsp3) is 0.231. The summed E-state index contributed by atoms with van der Waals surface area (Å²) in [5.74, 6) is 0.268. The third-order valence-corrected chi connectivity index (χ3v) is 3.61. The molecule has 2 aromatic heterocycles. The van der Waals surface area contributed by atoms with Gasteiger partial charge in [0, 0.05) is 17.7 Å². The van der Waals surface area contributed by atoms with Crippen LogP contribution < -0.4 is 16.0 Å².